The fraction of sp³-hybridized carbons (Fsp3) is 0.182. The van der Waals surface area contributed by atoms with E-state index in [1.54, 1.807) is 30.4 Å². The molecule has 0 spiro atoms. The summed E-state index contributed by atoms with van der Waals surface area (Å²) in [5, 5.41) is 0. The highest BCUT2D eigenvalue weighted by Crippen LogP contribution is 2.41. The lowest BCUT2D eigenvalue weighted by molar-refractivity contribution is 0.804. The molecular weight excluding hydrogens is 292 g/mol. The fourth-order valence-corrected chi connectivity index (χ4v) is 3.63. The maximum atomic E-state index is 3.72. The van der Waals surface area contributed by atoms with Crippen molar-refractivity contribution in [2.45, 2.75) is 25.2 Å². The molecular formula is C22H20N2. The van der Waals surface area contributed by atoms with Crippen molar-refractivity contribution in [3.8, 4) is 0 Å². The molecule has 0 saturated heterocycles. The molecule has 5 rings (SSSR count). The average Bonchev–Trinajstić information content (AvgIpc) is 2.69. The molecule has 24 heavy (non-hydrogen) atoms. The predicted molar refractivity (Wildman–Crippen MR) is 99.4 cm³/mol. The lowest BCUT2D eigenvalue weighted by Crippen LogP contribution is -2.11. The minimum atomic E-state index is 0.589. The Balaban J connectivity index is 0.000000207. The van der Waals surface area contributed by atoms with Crippen LogP contribution in [-0.2, 0) is 6.42 Å². The summed E-state index contributed by atoms with van der Waals surface area (Å²) in [6.07, 6.45) is 26.0. The first kappa shape index (κ1) is 14.8. The van der Waals surface area contributed by atoms with Gasteiger partial charge in [-0.15, -0.1) is 0 Å². The summed E-state index contributed by atoms with van der Waals surface area (Å²) in [5.41, 5.74) is 7.47. The van der Waals surface area contributed by atoms with Crippen LogP contribution in [0, 0.1) is 0 Å². The van der Waals surface area contributed by atoms with E-state index in [-0.39, 0.29) is 0 Å². The molecule has 0 N–H and O–H groups in total. The summed E-state index contributed by atoms with van der Waals surface area (Å²) in [6.45, 7) is 0. The molecule has 2 nitrogen and oxygen atoms in total. The standard InChI is InChI=1S/C18H16.C4H4N2/c1-3-7-15-13(5-1)9-11-18-16-8-4-2-6-14(16)10-12-17(15)18;1-2-6-4-3-5-1/h1-3,5-6,9-12,15H,4,7-8H2;1-4H. The zero-order valence-corrected chi connectivity index (χ0v) is 13.6. The van der Waals surface area contributed by atoms with Crippen molar-refractivity contribution < 1.29 is 0 Å². The number of benzene rings is 1. The number of aromatic nitrogens is 2. The molecule has 1 unspecified atom stereocenters. The van der Waals surface area contributed by atoms with Gasteiger partial charge in [-0.05, 0) is 47.1 Å². The van der Waals surface area contributed by atoms with Gasteiger partial charge in [0, 0.05) is 30.7 Å². The van der Waals surface area contributed by atoms with Crippen molar-refractivity contribution in [3.05, 3.63) is 95.1 Å². The second kappa shape index (κ2) is 6.79. The van der Waals surface area contributed by atoms with E-state index in [0.29, 0.717) is 5.92 Å². The molecule has 2 aromatic rings. The van der Waals surface area contributed by atoms with Crippen molar-refractivity contribution in [1.29, 1.82) is 0 Å². The van der Waals surface area contributed by atoms with Gasteiger partial charge in [-0.2, -0.15) is 0 Å². The Morgan fingerprint density at radius 1 is 0.875 bits per heavy atom. The van der Waals surface area contributed by atoms with Crippen LogP contribution < -0.4 is 0 Å². The third kappa shape index (κ3) is 2.88. The third-order valence-electron chi connectivity index (χ3n) is 4.78. The van der Waals surface area contributed by atoms with Crippen LogP contribution >= 0.6 is 0 Å². The number of rotatable bonds is 0. The van der Waals surface area contributed by atoms with Gasteiger partial charge < -0.3 is 0 Å². The lowest BCUT2D eigenvalue weighted by atomic mass is 9.76. The molecule has 0 saturated carbocycles. The first-order valence-corrected chi connectivity index (χ1v) is 8.50. The third-order valence-corrected chi connectivity index (χ3v) is 4.78. The Kier molecular flexibility index (Phi) is 4.20. The van der Waals surface area contributed by atoms with Crippen molar-refractivity contribution >= 4 is 12.2 Å². The van der Waals surface area contributed by atoms with Gasteiger partial charge in [0.2, 0.25) is 0 Å². The number of hydrogen-bond acceptors (Lipinski definition) is 2. The molecule has 1 heterocycles. The largest absolute Gasteiger partial charge is 0.262 e. The number of nitrogens with zero attached hydrogens (tertiary/aromatic N) is 2. The number of hydrogen-bond donors (Lipinski definition) is 0. The summed E-state index contributed by atoms with van der Waals surface area (Å²) in [6, 6.07) is 4.64. The van der Waals surface area contributed by atoms with E-state index in [9.17, 15) is 0 Å². The summed E-state index contributed by atoms with van der Waals surface area (Å²) in [7, 11) is 0. The second-order valence-electron chi connectivity index (χ2n) is 6.19. The van der Waals surface area contributed by atoms with E-state index in [1.165, 1.54) is 35.1 Å². The molecule has 1 atom stereocenters. The maximum Gasteiger partial charge on any atom is 0.0451 e. The van der Waals surface area contributed by atoms with E-state index in [1.807, 2.05) is 0 Å². The van der Waals surface area contributed by atoms with Crippen molar-refractivity contribution in [3.63, 3.8) is 0 Å². The van der Waals surface area contributed by atoms with E-state index < -0.39 is 0 Å². The summed E-state index contributed by atoms with van der Waals surface area (Å²) < 4.78 is 0. The SMILES string of the molecule is C1=CCC2C(=C1)C=Cc1c2ccc2c1CCC=C2.c1cnccn1. The monoisotopic (exact) mass is 312 g/mol. The minimum Gasteiger partial charge on any atom is -0.262 e. The highest BCUT2D eigenvalue weighted by molar-refractivity contribution is 5.73. The average molecular weight is 312 g/mol. The second-order valence-corrected chi connectivity index (χ2v) is 6.19. The molecule has 0 radical (unpaired) electrons. The molecule has 1 aromatic carbocycles. The van der Waals surface area contributed by atoms with Gasteiger partial charge >= 0.3 is 0 Å². The van der Waals surface area contributed by atoms with Crippen LogP contribution in [0.1, 0.15) is 41.0 Å². The first-order chi connectivity index (χ1) is 11.9. The van der Waals surface area contributed by atoms with Crippen LogP contribution in [-0.4, -0.2) is 9.97 Å². The normalized spacial score (nSPS) is 19.3. The highest BCUT2D eigenvalue weighted by Gasteiger charge is 2.24. The van der Waals surface area contributed by atoms with E-state index >= 15 is 0 Å². The van der Waals surface area contributed by atoms with Gasteiger partial charge in [-0.1, -0.05) is 54.7 Å². The number of allylic oxidation sites excluding steroid dienone is 6. The Labute approximate surface area is 143 Å². The first-order valence-electron chi connectivity index (χ1n) is 8.50. The molecule has 0 amide bonds. The quantitative estimate of drug-likeness (QED) is 0.675. The Morgan fingerprint density at radius 3 is 2.50 bits per heavy atom. The van der Waals surface area contributed by atoms with Crippen molar-refractivity contribution in [2.75, 3.05) is 0 Å². The van der Waals surface area contributed by atoms with Gasteiger partial charge in [0.05, 0.1) is 0 Å². The van der Waals surface area contributed by atoms with E-state index in [4.69, 9.17) is 0 Å². The van der Waals surface area contributed by atoms with Crippen LogP contribution in [0.5, 0.6) is 0 Å². The Hall–Kier alpha value is -2.74. The highest BCUT2D eigenvalue weighted by atomic mass is 14.7. The van der Waals surface area contributed by atoms with Crippen LogP contribution in [0.4, 0.5) is 0 Å². The van der Waals surface area contributed by atoms with Gasteiger partial charge in [0.15, 0.2) is 0 Å². The maximum absolute atomic E-state index is 3.72. The lowest BCUT2D eigenvalue weighted by Gasteiger charge is -2.28. The Bertz CT molecular complexity index is 815. The molecule has 2 heteroatoms. The molecule has 3 aliphatic rings. The van der Waals surface area contributed by atoms with Crippen molar-refractivity contribution in [1.82, 2.24) is 9.97 Å². The molecule has 0 bridgehead atoms. The van der Waals surface area contributed by atoms with Gasteiger partial charge in [-0.3, -0.25) is 9.97 Å². The fourth-order valence-electron chi connectivity index (χ4n) is 3.63. The molecule has 118 valence electrons. The minimum absolute atomic E-state index is 0.589. The zero-order chi connectivity index (χ0) is 16.2. The van der Waals surface area contributed by atoms with Crippen LogP contribution in [0.2, 0.25) is 0 Å². The van der Waals surface area contributed by atoms with Gasteiger partial charge in [0.1, 0.15) is 0 Å². The van der Waals surface area contributed by atoms with Gasteiger partial charge in [-0.25, -0.2) is 0 Å². The molecule has 3 aliphatic carbocycles. The smallest absolute Gasteiger partial charge is 0.0451 e. The predicted octanol–water partition coefficient (Wildman–Crippen LogP) is 5.12. The zero-order valence-electron chi connectivity index (χ0n) is 13.6. The summed E-state index contributed by atoms with van der Waals surface area (Å²) >= 11 is 0. The van der Waals surface area contributed by atoms with Crippen LogP contribution in [0.25, 0.3) is 12.2 Å². The van der Waals surface area contributed by atoms with Crippen LogP contribution in [0.15, 0.2) is 72.9 Å². The Morgan fingerprint density at radius 2 is 1.71 bits per heavy atom. The molecule has 0 fully saturated rings. The summed E-state index contributed by atoms with van der Waals surface area (Å²) in [4.78, 5) is 7.44. The van der Waals surface area contributed by atoms with Crippen molar-refractivity contribution in [2.24, 2.45) is 0 Å². The summed E-state index contributed by atoms with van der Waals surface area (Å²) in [5.74, 6) is 0.589. The van der Waals surface area contributed by atoms with E-state index in [0.717, 1.165) is 6.42 Å². The van der Waals surface area contributed by atoms with Gasteiger partial charge in [0.25, 0.3) is 0 Å². The van der Waals surface area contributed by atoms with E-state index in [2.05, 4.69) is 64.6 Å². The molecule has 1 aromatic heterocycles. The molecule has 0 aliphatic heterocycles. The van der Waals surface area contributed by atoms with Crippen LogP contribution in [0.3, 0.4) is 0 Å². The number of fused-ring (bicyclic) bond motifs is 5. The topological polar surface area (TPSA) is 25.8 Å².